The Labute approximate surface area is 156 Å². The van der Waals surface area contributed by atoms with Crippen LogP contribution < -0.4 is 26.0 Å². The van der Waals surface area contributed by atoms with Crippen LogP contribution in [0, 0.1) is 0 Å². The lowest BCUT2D eigenvalue weighted by molar-refractivity contribution is -0.122. The third kappa shape index (κ3) is 4.97. The van der Waals surface area contributed by atoms with Gasteiger partial charge in [-0.1, -0.05) is 18.2 Å². The number of anilines is 3. The Kier molecular flexibility index (Phi) is 5.55. The van der Waals surface area contributed by atoms with E-state index in [0.717, 1.165) is 0 Å². The Hall–Kier alpha value is -3.55. The van der Waals surface area contributed by atoms with Crippen molar-refractivity contribution in [1.82, 2.24) is 5.32 Å². The monoisotopic (exact) mass is 368 g/mol. The molecule has 0 bridgehead atoms. The van der Waals surface area contributed by atoms with Gasteiger partial charge in [-0.3, -0.25) is 9.59 Å². The molecule has 1 atom stereocenters. The Bertz CT molecular complexity index is 854. The average Bonchev–Trinajstić information content (AvgIpc) is 2.64. The van der Waals surface area contributed by atoms with E-state index in [-0.39, 0.29) is 30.8 Å². The summed E-state index contributed by atoms with van der Waals surface area (Å²) in [6.45, 7) is 1.85. The molecule has 2 aromatic carbocycles. The fraction of sp³-hybridized carbons (Fsp3) is 0.211. The standard InChI is InChI=1S/C19H20N4O4/c1-12-18(25)23-15-11-14(7-8-16(15)27-12)21-17(24)9-10-20-19(26)22-13-5-3-2-4-6-13/h2-8,11-12H,9-10H2,1H3,(H,21,24)(H,23,25)(H2,20,22,26)/t12-/m1/s1. The smallest absolute Gasteiger partial charge is 0.319 e. The summed E-state index contributed by atoms with van der Waals surface area (Å²) in [6, 6.07) is 13.7. The van der Waals surface area contributed by atoms with Crippen molar-refractivity contribution in [1.29, 1.82) is 0 Å². The molecular formula is C19H20N4O4. The van der Waals surface area contributed by atoms with Crippen molar-refractivity contribution in [2.45, 2.75) is 19.4 Å². The molecule has 0 spiro atoms. The number of rotatable bonds is 5. The highest BCUT2D eigenvalue weighted by atomic mass is 16.5. The predicted molar refractivity (Wildman–Crippen MR) is 102 cm³/mol. The summed E-state index contributed by atoms with van der Waals surface area (Å²) in [5, 5.41) is 10.7. The van der Waals surface area contributed by atoms with Crippen LogP contribution in [0.2, 0.25) is 0 Å². The third-order valence-electron chi connectivity index (χ3n) is 3.86. The second-order valence-corrected chi connectivity index (χ2v) is 6.01. The largest absolute Gasteiger partial charge is 0.479 e. The van der Waals surface area contributed by atoms with Crippen molar-refractivity contribution in [2.24, 2.45) is 0 Å². The van der Waals surface area contributed by atoms with Crippen LogP contribution in [0.4, 0.5) is 21.9 Å². The lowest BCUT2D eigenvalue weighted by Crippen LogP contribution is -2.34. The van der Waals surface area contributed by atoms with Crippen LogP contribution in [-0.2, 0) is 9.59 Å². The van der Waals surface area contributed by atoms with Crippen LogP contribution in [0.1, 0.15) is 13.3 Å². The van der Waals surface area contributed by atoms with Gasteiger partial charge in [0.25, 0.3) is 5.91 Å². The molecule has 0 radical (unpaired) electrons. The van der Waals surface area contributed by atoms with Crippen molar-refractivity contribution >= 4 is 34.9 Å². The summed E-state index contributed by atoms with van der Waals surface area (Å²) in [6.07, 6.45) is -0.440. The number of hydrogen-bond donors (Lipinski definition) is 4. The van der Waals surface area contributed by atoms with Crippen LogP contribution in [0.25, 0.3) is 0 Å². The highest BCUT2D eigenvalue weighted by molar-refractivity contribution is 5.99. The predicted octanol–water partition coefficient (Wildman–Crippen LogP) is 2.56. The first-order chi connectivity index (χ1) is 13.0. The minimum atomic E-state index is -0.550. The maximum absolute atomic E-state index is 12.0. The molecule has 8 heteroatoms. The first-order valence-corrected chi connectivity index (χ1v) is 8.52. The fourth-order valence-corrected chi connectivity index (χ4v) is 2.50. The van der Waals surface area contributed by atoms with Gasteiger partial charge >= 0.3 is 6.03 Å². The number of nitrogens with one attached hydrogen (secondary N) is 4. The molecule has 3 rings (SSSR count). The molecule has 0 saturated heterocycles. The Morgan fingerprint density at radius 2 is 1.85 bits per heavy atom. The van der Waals surface area contributed by atoms with E-state index in [2.05, 4.69) is 21.3 Å². The van der Waals surface area contributed by atoms with Gasteiger partial charge in [0, 0.05) is 24.3 Å². The number of fused-ring (bicyclic) bond motifs is 1. The van der Waals surface area contributed by atoms with Crippen LogP contribution in [-0.4, -0.2) is 30.5 Å². The van der Waals surface area contributed by atoms with Crippen molar-refractivity contribution in [2.75, 3.05) is 22.5 Å². The number of amides is 4. The zero-order chi connectivity index (χ0) is 19.2. The molecule has 1 aliphatic rings. The number of carbonyl (C=O) groups excluding carboxylic acids is 3. The van der Waals surface area contributed by atoms with Gasteiger partial charge in [0.05, 0.1) is 5.69 Å². The number of carbonyl (C=O) groups is 3. The molecule has 0 unspecified atom stereocenters. The summed E-state index contributed by atoms with van der Waals surface area (Å²) in [4.78, 5) is 35.5. The molecule has 27 heavy (non-hydrogen) atoms. The summed E-state index contributed by atoms with van der Waals surface area (Å²) in [5.74, 6) is 0.0605. The molecule has 4 N–H and O–H groups in total. The van der Waals surface area contributed by atoms with Crippen LogP contribution in [0.3, 0.4) is 0 Å². The number of hydrogen-bond acceptors (Lipinski definition) is 4. The normalized spacial score (nSPS) is 15.0. The summed E-state index contributed by atoms with van der Waals surface area (Å²) >= 11 is 0. The zero-order valence-electron chi connectivity index (χ0n) is 14.7. The second kappa shape index (κ2) is 8.22. The number of urea groups is 1. The second-order valence-electron chi connectivity index (χ2n) is 6.01. The molecule has 8 nitrogen and oxygen atoms in total. The summed E-state index contributed by atoms with van der Waals surface area (Å²) in [5.41, 5.74) is 1.72. The molecular weight excluding hydrogens is 348 g/mol. The highest BCUT2D eigenvalue weighted by Crippen LogP contribution is 2.32. The quantitative estimate of drug-likeness (QED) is 0.650. The highest BCUT2D eigenvalue weighted by Gasteiger charge is 2.23. The van der Waals surface area contributed by atoms with E-state index in [4.69, 9.17) is 4.74 Å². The lowest BCUT2D eigenvalue weighted by Gasteiger charge is -2.23. The van der Waals surface area contributed by atoms with E-state index in [1.807, 2.05) is 18.2 Å². The number of benzene rings is 2. The first-order valence-electron chi connectivity index (χ1n) is 8.52. The molecule has 1 heterocycles. The molecule has 1 aliphatic heterocycles. The number of para-hydroxylation sites is 1. The van der Waals surface area contributed by atoms with E-state index in [0.29, 0.717) is 22.8 Å². The molecule has 0 aliphatic carbocycles. The van der Waals surface area contributed by atoms with E-state index < -0.39 is 6.10 Å². The minimum absolute atomic E-state index is 0.110. The lowest BCUT2D eigenvalue weighted by atomic mass is 10.2. The van der Waals surface area contributed by atoms with Gasteiger partial charge in [0.1, 0.15) is 5.75 Å². The minimum Gasteiger partial charge on any atom is -0.479 e. The van der Waals surface area contributed by atoms with E-state index in [9.17, 15) is 14.4 Å². The van der Waals surface area contributed by atoms with Crippen LogP contribution in [0.15, 0.2) is 48.5 Å². The molecule has 140 valence electrons. The Morgan fingerprint density at radius 3 is 2.63 bits per heavy atom. The summed E-state index contributed by atoms with van der Waals surface area (Å²) in [7, 11) is 0. The van der Waals surface area contributed by atoms with Crippen LogP contribution in [0.5, 0.6) is 5.75 Å². The van der Waals surface area contributed by atoms with Crippen molar-refractivity contribution in [3.8, 4) is 5.75 Å². The average molecular weight is 368 g/mol. The maximum Gasteiger partial charge on any atom is 0.319 e. The maximum atomic E-state index is 12.0. The molecule has 0 fully saturated rings. The number of ether oxygens (including phenoxy) is 1. The topological polar surface area (TPSA) is 109 Å². The zero-order valence-corrected chi connectivity index (χ0v) is 14.7. The van der Waals surface area contributed by atoms with E-state index >= 15 is 0 Å². The van der Waals surface area contributed by atoms with Gasteiger partial charge in [0.2, 0.25) is 5.91 Å². The van der Waals surface area contributed by atoms with Crippen molar-refractivity contribution in [3.63, 3.8) is 0 Å². The SMILES string of the molecule is C[C@H]1Oc2ccc(NC(=O)CCNC(=O)Nc3ccccc3)cc2NC1=O. The molecule has 0 aromatic heterocycles. The van der Waals surface area contributed by atoms with Gasteiger partial charge in [-0.15, -0.1) is 0 Å². The van der Waals surface area contributed by atoms with Gasteiger partial charge < -0.3 is 26.0 Å². The van der Waals surface area contributed by atoms with Crippen molar-refractivity contribution in [3.05, 3.63) is 48.5 Å². The summed E-state index contributed by atoms with van der Waals surface area (Å²) < 4.78 is 5.46. The molecule has 4 amide bonds. The fourth-order valence-electron chi connectivity index (χ4n) is 2.50. The van der Waals surface area contributed by atoms with Crippen LogP contribution >= 0.6 is 0 Å². The first kappa shape index (κ1) is 18.2. The Morgan fingerprint density at radius 1 is 1.07 bits per heavy atom. The van der Waals surface area contributed by atoms with E-state index in [1.54, 1.807) is 37.3 Å². The van der Waals surface area contributed by atoms with Crippen molar-refractivity contribution < 1.29 is 19.1 Å². The van der Waals surface area contributed by atoms with Gasteiger partial charge in [-0.25, -0.2) is 4.79 Å². The van der Waals surface area contributed by atoms with Gasteiger partial charge in [0.15, 0.2) is 6.10 Å². The molecule has 0 saturated carbocycles. The third-order valence-corrected chi connectivity index (χ3v) is 3.86. The Balaban J connectivity index is 1.45. The van der Waals surface area contributed by atoms with E-state index in [1.165, 1.54) is 0 Å². The van der Waals surface area contributed by atoms with Gasteiger partial charge in [-0.2, -0.15) is 0 Å². The molecule has 2 aromatic rings. The van der Waals surface area contributed by atoms with Gasteiger partial charge in [-0.05, 0) is 37.3 Å².